The second kappa shape index (κ2) is 14.5. The van der Waals surface area contributed by atoms with E-state index in [1.165, 1.54) is 12.1 Å². The third-order valence-electron chi connectivity index (χ3n) is 7.34. The molecule has 0 aliphatic carbocycles. The van der Waals surface area contributed by atoms with Crippen molar-refractivity contribution in [2.24, 2.45) is 17.2 Å². The predicted octanol–water partition coefficient (Wildman–Crippen LogP) is 2.56. The predicted molar refractivity (Wildman–Crippen MR) is 154 cm³/mol. The number of carbonyl (C=O) groups is 2. The highest BCUT2D eigenvalue weighted by Crippen LogP contribution is 2.29. The fraction of sp³-hybridized carbons (Fsp3) is 0.433. The summed E-state index contributed by atoms with van der Waals surface area (Å²) in [6, 6.07) is 12.1. The van der Waals surface area contributed by atoms with E-state index in [0.29, 0.717) is 41.5 Å². The number of fused-ring (bicyclic) bond motifs is 1. The molecule has 11 heteroatoms. The Morgan fingerprint density at radius 2 is 1.63 bits per heavy atom. The molecule has 41 heavy (non-hydrogen) atoms. The zero-order chi connectivity index (χ0) is 30.0. The van der Waals surface area contributed by atoms with Gasteiger partial charge in [-0.3, -0.25) is 14.6 Å². The smallest absolute Gasteiger partial charge is 0.345 e. The summed E-state index contributed by atoms with van der Waals surface area (Å²) in [4.78, 5) is 30.9. The summed E-state index contributed by atoms with van der Waals surface area (Å²) in [6.45, 7) is 3.29. The summed E-state index contributed by atoms with van der Waals surface area (Å²) < 4.78 is 39.8. The van der Waals surface area contributed by atoms with Gasteiger partial charge in [0.15, 0.2) is 5.78 Å². The maximum absolute atomic E-state index is 13.4. The monoisotopic (exact) mass is 573 g/mol. The van der Waals surface area contributed by atoms with Crippen LogP contribution >= 0.6 is 0 Å². The maximum atomic E-state index is 13.4. The molecule has 1 heterocycles. The van der Waals surface area contributed by atoms with Gasteiger partial charge in [-0.05, 0) is 54.7 Å². The summed E-state index contributed by atoms with van der Waals surface area (Å²) >= 11 is 0. The van der Waals surface area contributed by atoms with Crippen LogP contribution in [0.2, 0.25) is 0 Å². The van der Waals surface area contributed by atoms with Gasteiger partial charge in [-0.25, -0.2) is 0 Å². The second-order valence-corrected chi connectivity index (χ2v) is 10.8. The molecule has 2 atom stereocenters. The van der Waals surface area contributed by atoms with Crippen molar-refractivity contribution in [3.63, 3.8) is 0 Å². The van der Waals surface area contributed by atoms with E-state index < -0.39 is 29.7 Å². The summed E-state index contributed by atoms with van der Waals surface area (Å²) in [5.74, 6) is -0.781. The van der Waals surface area contributed by atoms with E-state index in [9.17, 15) is 22.8 Å². The Hall–Kier alpha value is -3.38. The average molecular weight is 574 g/mol. The summed E-state index contributed by atoms with van der Waals surface area (Å²) in [7, 11) is 2.06. The molecular formula is C30H40F3N6O2+. The summed E-state index contributed by atoms with van der Waals surface area (Å²) in [6.07, 6.45) is -1.79. The van der Waals surface area contributed by atoms with Crippen LogP contribution in [0, 0.1) is 0 Å². The zero-order valence-electron chi connectivity index (χ0n) is 23.4. The molecule has 0 aliphatic rings. The van der Waals surface area contributed by atoms with Crippen LogP contribution in [0.4, 0.5) is 13.2 Å². The lowest BCUT2D eigenvalue weighted by Crippen LogP contribution is -2.52. The third kappa shape index (κ3) is 9.60. The van der Waals surface area contributed by atoms with Crippen LogP contribution in [0.25, 0.3) is 10.9 Å². The van der Waals surface area contributed by atoms with Crippen molar-refractivity contribution in [1.82, 2.24) is 10.3 Å². The van der Waals surface area contributed by atoms with Gasteiger partial charge in [0.2, 0.25) is 5.91 Å². The number of nitrogens with one attached hydrogen (secondary N) is 1. The number of nitrogens with zero attached hydrogens (tertiary/aromatic N) is 2. The molecule has 7 N–H and O–H groups in total. The number of rotatable bonds is 15. The minimum absolute atomic E-state index is 0.00728. The molecular weight excluding hydrogens is 533 g/mol. The Kier molecular flexibility index (Phi) is 11.4. The lowest BCUT2D eigenvalue weighted by atomic mass is 9.96. The highest BCUT2D eigenvalue weighted by atomic mass is 19.4. The Morgan fingerprint density at radius 1 is 0.976 bits per heavy atom. The third-order valence-corrected chi connectivity index (χ3v) is 7.34. The van der Waals surface area contributed by atoms with Crippen molar-refractivity contribution in [3.8, 4) is 0 Å². The molecule has 222 valence electrons. The number of halogens is 3. The number of benzene rings is 2. The van der Waals surface area contributed by atoms with Crippen molar-refractivity contribution in [2.75, 3.05) is 39.8 Å². The van der Waals surface area contributed by atoms with Crippen LogP contribution in [-0.2, 0) is 28.6 Å². The molecule has 0 spiro atoms. The number of aromatic nitrogens is 1. The fourth-order valence-electron chi connectivity index (χ4n) is 4.91. The lowest BCUT2D eigenvalue weighted by Gasteiger charge is -2.34. The van der Waals surface area contributed by atoms with Crippen molar-refractivity contribution in [1.29, 1.82) is 0 Å². The molecule has 0 unspecified atom stereocenters. The van der Waals surface area contributed by atoms with E-state index in [4.69, 9.17) is 17.2 Å². The maximum Gasteiger partial charge on any atom is 0.416 e. The van der Waals surface area contributed by atoms with Gasteiger partial charge < -0.3 is 27.0 Å². The number of para-hydroxylation sites is 1. The van der Waals surface area contributed by atoms with Gasteiger partial charge in [-0.2, -0.15) is 13.2 Å². The average Bonchev–Trinajstić information content (AvgIpc) is 2.92. The first kappa shape index (κ1) is 32.1. The Labute approximate surface area is 238 Å². The van der Waals surface area contributed by atoms with Crippen molar-refractivity contribution >= 4 is 22.6 Å². The number of carbonyl (C=O) groups excluding carboxylic acids is 2. The first-order valence-corrected chi connectivity index (χ1v) is 13.8. The van der Waals surface area contributed by atoms with Crippen molar-refractivity contribution in [3.05, 3.63) is 77.5 Å². The fourth-order valence-corrected chi connectivity index (χ4v) is 4.91. The number of nitrogens with two attached hydrogens (primary N) is 3. The zero-order valence-corrected chi connectivity index (χ0v) is 23.4. The van der Waals surface area contributed by atoms with E-state index in [1.54, 1.807) is 6.20 Å². The molecule has 0 aliphatic heterocycles. The minimum Gasteiger partial charge on any atom is -0.345 e. The van der Waals surface area contributed by atoms with E-state index >= 15 is 0 Å². The van der Waals surface area contributed by atoms with Crippen LogP contribution in [0.3, 0.4) is 0 Å². The van der Waals surface area contributed by atoms with Crippen molar-refractivity contribution in [2.45, 2.75) is 43.9 Å². The number of amides is 1. The normalized spacial score (nSPS) is 13.6. The number of Topliss-reactive ketones (excluding diaryl/α,β-unsaturated/α-hetero) is 1. The first-order chi connectivity index (χ1) is 19.4. The van der Waals surface area contributed by atoms with E-state index in [-0.39, 0.29) is 18.6 Å². The molecule has 0 radical (unpaired) electrons. The van der Waals surface area contributed by atoms with Crippen LogP contribution in [0.15, 0.2) is 60.8 Å². The quantitative estimate of drug-likeness (QED) is 0.206. The molecule has 1 aromatic heterocycles. The SMILES string of the molecule is C[N+](CCN)(CCN)CCC[C@H](N)C(=O)N[C@H](Cc1ccc(C(F)(F)F)cc1)C(=O)Cc1cnc2ccccc2c1. The molecule has 8 nitrogen and oxygen atoms in total. The Balaban J connectivity index is 1.72. The first-order valence-electron chi connectivity index (χ1n) is 13.8. The molecule has 0 saturated heterocycles. The van der Waals surface area contributed by atoms with E-state index in [1.807, 2.05) is 30.3 Å². The van der Waals surface area contributed by atoms with E-state index in [2.05, 4.69) is 17.3 Å². The molecule has 2 aromatic carbocycles. The van der Waals surface area contributed by atoms with Crippen molar-refractivity contribution < 1.29 is 27.2 Å². The lowest BCUT2D eigenvalue weighted by molar-refractivity contribution is -0.907. The topological polar surface area (TPSA) is 137 Å². The molecule has 3 rings (SSSR count). The molecule has 0 fully saturated rings. The minimum atomic E-state index is -4.47. The number of quaternary nitrogens is 1. The summed E-state index contributed by atoms with van der Waals surface area (Å²) in [5.41, 5.74) is 18.9. The van der Waals surface area contributed by atoms with Crippen LogP contribution in [-0.4, -0.2) is 73.0 Å². The molecule has 3 aromatic rings. The second-order valence-electron chi connectivity index (χ2n) is 10.8. The van der Waals surface area contributed by atoms with Gasteiger partial charge in [-0.15, -0.1) is 0 Å². The number of hydrogen-bond acceptors (Lipinski definition) is 6. The Bertz CT molecular complexity index is 1290. The van der Waals surface area contributed by atoms with Crippen LogP contribution in [0.1, 0.15) is 29.5 Å². The molecule has 1 amide bonds. The highest BCUT2D eigenvalue weighted by Gasteiger charge is 2.30. The standard InChI is InChI=1S/C30H39F3N6O2/c1-39(15-12-34,16-13-35)14-4-6-25(36)29(41)38-27(18-21-8-10-24(11-9-21)30(31,32)33)28(40)19-22-17-23-5-2-3-7-26(23)37-20-22/h2-3,5,7-11,17,20,25,27H,4,6,12-16,18-19,34-36H2,1H3/p+1/t25-,27+/m0/s1. The molecule has 0 bridgehead atoms. The Morgan fingerprint density at radius 3 is 2.27 bits per heavy atom. The van der Waals surface area contributed by atoms with Crippen LogP contribution < -0.4 is 22.5 Å². The molecule has 0 saturated carbocycles. The van der Waals surface area contributed by atoms with Gasteiger partial charge in [0.25, 0.3) is 0 Å². The number of alkyl halides is 3. The van der Waals surface area contributed by atoms with Gasteiger partial charge in [0.1, 0.15) is 0 Å². The summed E-state index contributed by atoms with van der Waals surface area (Å²) in [5, 5.41) is 3.64. The van der Waals surface area contributed by atoms with E-state index in [0.717, 1.165) is 42.7 Å². The number of pyridine rings is 1. The number of hydrogen-bond donors (Lipinski definition) is 4. The van der Waals surface area contributed by atoms with Crippen LogP contribution in [0.5, 0.6) is 0 Å². The largest absolute Gasteiger partial charge is 0.416 e. The van der Waals surface area contributed by atoms with Gasteiger partial charge in [0.05, 0.1) is 49.8 Å². The number of likely N-dealkylation sites (N-methyl/N-ethyl adjacent to an activating group) is 1. The van der Waals surface area contributed by atoms with Gasteiger partial charge >= 0.3 is 6.18 Å². The highest BCUT2D eigenvalue weighted by molar-refractivity contribution is 5.92. The van der Waals surface area contributed by atoms with Gasteiger partial charge in [-0.1, -0.05) is 30.3 Å². The number of ketones is 1. The van der Waals surface area contributed by atoms with Gasteiger partial charge in [0, 0.05) is 31.1 Å².